The summed E-state index contributed by atoms with van der Waals surface area (Å²) in [5.74, 6) is 0. The fourth-order valence-electron chi connectivity index (χ4n) is 3.32. The van der Waals surface area contributed by atoms with Gasteiger partial charge in [-0.05, 0) is 25.6 Å². The second-order valence-electron chi connectivity index (χ2n) is 8.31. The first-order chi connectivity index (χ1) is 11.6. The minimum absolute atomic E-state index is 1.01. The molecule has 0 fully saturated rings. The van der Waals surface area contributed by atoms with Crippen molar-refractivity contribution < 1.29 is 4.43 Å². The van der Waals surface area contributed by atoms with Crippen LogP contribution in [0.4, 0.5) is 0 Å². The molecule has 0 aromatic carbocycles. The van der Waals surface area contributed by atoms with Gasteiger partial charge < -0.3 is 4.43 Å². The van der Waals surface area contributed by atoms with Crippen LogP contribution < -0.4 is 0 Å². The Morgan fingerprint density at radius 2 is 0.875 bits per heavy atom. The van der Waals surface area contributed by atoms with Gasteiger partial charge in [-0.25, -0.2) is 0 Å². The van der Waals surface area contributed by atoms with Crippen molar-refractivity contribution in [3.63, 3.8) is 0 Å². The van der Waals surface area contributed by atoms with Gasteiger partial charge in [0, 0.05) is 6.61 Å². The van der Waals surface area contributed by atoms with Crippen molar-refractivity contribution >= 4 is 8.32 Å². The average Bonchev–Trinajstić information content (AvgIpc) is 2.56. The summed E-state index contributed by atoms with van der Waals surface area (Å²) in [5.41, 5.74) is 0. The molecule has 0 aromatic rings. The van der Waals surface area contributed by atoms with Gasteiger partial charge in [-0.3, -0.25) is 0 Å². The molecule has 0 saturated heterocycles. The molecule has 0 heterocycles. The van der Waals surface area contributed by atoms with E-state index >= 15 is 0 Å². The van der Waals surface area contributed by atoms with Gasteiger partial charge in [0.25, 0.3) is 0 Å². The molecule has 2 heteroatoms. The summed E-state index contributed by atoms with van der Waals surface area (Å²) < 4.78 is 6.18. The quantitative estimate of drug-likeness (QED) is 0.166. The summed E-state index contributed by atoms with van der Waals surface area (Å²) >= 11 is 0. The van der Waals surface area contributed by atoms with Crippen LogP contribution in [0.15, 0.2) is 0 Å². The Morgan fingerprint density at radius 1 is 0.500 bits per heavy atom. The van der Waals surface area contributed by atoms with Crippen LogP contribution in [0.5, 0.6) is 0 Å². The van der Waals surface area contributed by atoms with E-state index in [2.05, 4.69) is 26.9 Å². The van der Waals surface area contributed by atoms with E-state index in [0.29, 0.717) is 0 Å². The lowest BCUT2D eigenvalue weighted by Gasteiger charge is -2.22. The highest BCUT2D eigenvalue weighted by Crippen LogP contribution is 2.16. The Hall–Kier alpha value is 0.177. The van der Waals surface area contributed by atoms with E-state index in [1.165, 1.54) is 109 Å². The summed E-state index contributed by atoms with van der Waals surface area (Å²) in [7, 11) is -1.33. The van der Waals surface area contributed by atoms with Crippen LogP contribution in [0.1, 0.15) is 117 Å². The lowest BCUT2D eigenvalue weighted by molar-refractivity contribution is 0.293. The molecule has 0 aliphatic rings. The van der Waals surface area contributed by atoms with Crippen molar-refractivity contribution in [2.75, 3.05) is 6.61 Å². The molecule has 0 unspecified atom stereocenters. The molecule has 146 valence electrons. The monoisotopic (exact) mass is 356 g/mol. The minimum Gasteiger partial charge on any atom is -0.417 e. The first kappa shape index (κ1) is 24.2. The SMILES string of the molecule is CCCCCCCCCCCCCCCCO[Si](C)(C)CCCC. The van der Waals surface area contributed by atoms with Crippen LogP contribution in [-0.2, 0) is 4.43 Å². The van der Waals surface area contributed by atoms with Crippen molar-refractivity contribution in [1.29, 1.82) is 0 Å². The van der Waals surface area contributed by atoms with Gasteiger partial charge in [-0.1, -0.05) is 110 Å². The maximum absolute atomic E-state index is 6.18. The topological polar surface area (TPSA) is 9.23 Å². The third kappa shape index (κ3) is 18.5. The highest BCUT2D eigenvalue weighted by molar-refractivity contribution is 6.71. The first-order valence-electron chi connectivity index (χ1n) is 11.3. The zero-order valence-electron chi connectivity index (χ0n) is 17.6. The van der Waals surface area contributed by atoms with Gasteiger partial charge in [-0.2, -0.15) is 0 Å². The predicted molar refractivity (Wildman–Crippen MR) is 113 cm³/mol. The molecule has 0 aliphatic heterocycles. The van der Waals surface area contributed by atoms with Gasteiger partial charge in [-0.15, -0.1) is 0 Å². The standard InChI is InChI=1S/C22H48OSi/c1-5-7-9-10-11-12-13-14-15-16-17-18-19-20-21-23-24(3,4)22-8-6-2/h5-22H2,1-4H3. The van der Waals surface area contributed by atoms with Crippen molar-refractivity contribution in [3.8, 4) is 0 Å². The van der Waals surface area contributed by atoms with Gasteiger partial charge in [0.05, 0.1) is 0 Å². The van der Waals surface area contributed by atoms with E-state index in [1.807, 2.05) is 0 Å². The number of rotatable bonds is 19. The third-order valence-electron chi connectivity index (χ3n) is 5.12. The average molecular weight is 357 g/mol. The van der Waals surface area contributed by atoms with Crippen molar-refractivity contribution in [1.82, 2.24) is 0 Å². The Kier molecular flexibility index (Phi) is 18.1. The van der Waals surface area contributed by atoms with Crippen LogP contribution >= 0.6 is 0 Å². The number of hydrogen-bond donors (Lipinski definition) is 0. The molecule has 0 radical (unpaired) electrons. The number of unbranched alkanes of at least 4 members (excludes halogenated alkanes) is 14. The van der Waals surface area contributed by atoms with Crippen molar-refractivity contribution in [3.05, 3.63) is 0 Å². The van der Waals surface area contributed by atoms with Crippen molar-refractivity contribution in [2.45, 2.75) is 136 Å². The second-order valence-corrected chi connectivity index (χ2v) is 12.6. The summed E-state index contributed by atoms with van der Waals surface area (Å²) in [6, 6.07) is 1.34. The number of hydrogen-bond acceptors (Lipinski definition) is 1. The highest BCUT2D eigenvalue weighted by Gasteiger charge is 2.20. The zero-order chi connectivity index (χ0) is 17.9. The Balaban J connectivity index is 3.15. The molecule has 0 rings (SSSR count). The molecule has 0 amide bonds. The van der Waals surface area contributed by atoms with E-state index in [-0.39, 0.29) is 0 Å². The summed E-state index contributed by atoms with van der Waals surface area (Å²) in [6.07, 6.45) is 22.7. The molecule has 0 N–H and O–H groups in total. The normalized spacial score (nSPS) is 12.0. The molecule has 0 atom stereocenters. The molecule has 1 nitrogen and oxygen atoms in total. The lowest BCUT2D eigenvalue weighted by atomic mass is 10.0. The van der Waals surface area contributed by atoms with Crippen molar-refractivity contribution in [2.24, 2.45) is 0 Å². The zero-order valence-corrected chi connectivity index (χ0v) is 18.6. The van der Waals surface area contributed by atoms with Crippen LogP contribution in [-0.4, -0.2) is 14.9 Å². The van der Waals surface area contributed by atoms with Gasteiger partial charge in [0.2, 0.25) is 0 Å². The Labute approximate surface area is 155 Å². The Morgan fingerprint density at radius 3 is 1.29 bits per heavy atom. The molecule has 0 bridgehead atoms. The van der Waals surface area contributed by atoms with E-state index in [9.17, 15) is 0 Å². The van der Waals surface area contributed by atoms with Crippen LogP contribution in [0, 0.1) is 0 Å². The van der Waals surface area contributed by atoms with Crippen LogP contribution in [0.3, 0.4) is 0 Å². The molecule has 0 saturated carbocycles. The van der Waals surface area contributed by atoms with E-state index in [1.54, 1.807) is 0 Å². The summed E-state index contributed by atoms with van der Waals surface area (Å²) in [4.78, 5) is 0. The van der Waals surface area contributed by atoms with Gasteiger partial charge in [0.15, 0.2) is 8.32 Å². The largest absolute Gasteiger partial charge is 0.417 e. The van der Waals surface area contributed by atoms with Gasteiger partial charge >= 0.3 is 0 Å². The molecule has 24 heavy (non-hydrogen) atoms. The Bertz CT molecular complexity index is 240. The highest BCUT2D eigenvalue weighted by atomic mass is 28.4. The minimum atomic E-state index is -1.33. The van der Waals surface area contributed by atoms with Crippen LogP contribution in [0.2, 0.25) is 19.1 Å². The smallest absolute Gasteiger partial charge is 0.186 e. The fraction of sp³-hybridized carbons (Fsp3) is 1.00. The maximum Gasteiger partial charge on any atom is 0.186 e. The van der Waals surface area contributed by atoms with E-state index in [0.717, 1.165) is 6.61 Å². The second kappa shape index (κ2) is 18.0. The van der Waals surface area contributed by atoms with Crippen LogP contribution in [0.25, 0.3) is 0 Å². The van der Waals surface area contributed by atoms with E-state index in [4.69, 9.17) is 4.43 Å². The lowest BCUT2D eigenvalue weighted by Crippen LogP contribution is -2.30. The third-order valence-corrected chi connectivity index (χ3v) is 7.67. The van der Waals surface area contributed by atoms with Gasteiger partial charge in [0.1, 0.15) is 0 Å². The summed E-state index contributed by atoms with van der Waals surface area (Å²) in [5, 5.41) is 0. The first-order valence-corrected chi connectivity index (χ1v) is 14.4. The molecule has 0 spiro atoms. The maximum atomic E-state index is 6.18. The molecular weight excluding hydrogens is 308 g/mol. The van der Waals surface area contributed by atoms with E-state index < -0.39 is 8.32 Å². The predicted octanol–water partition coefficient (Wildman–Crippen LogP) is 8.49. The molecular formula is C22H48OSi. The summed E-state index contributed by atoms with van der Waals surface area (Å²) in [6.45, 7) is 10.3. The molecule has 0 aromatic heterocycles. The molecule has 0 aliphatic carbocycles. The fourth-order valence-corrected chi connectivity index (χ4v) is 5.37.